The minimum atomic E-state index is -5.24. The number of ether oxygens (including phenoxy) is 1. The number of alkyl halides is 6. The quantitative estimate of drug-likeness (QED) is 0.185. The third-order valence-electron chi connectivity index (χ3n) is 6.28. The molecule has 0 bridgehead atoms. The van der Waals surface area contributed by atoms with Crippen molar-refractivity contribution < 1.29 is 40.7 Å². The first-order valence-corrected chi connectivity index (χ1v) is 13.7. The van der Waals surface area contributed by atoms with Gasteiger partial charge >= 0.3 is 18.5 Å². The standard InChI is InChI=1S/C29H23ClF6N2O4S/c1-16-24(26(39)25(30)17(2)38(16)42-27(40)28(31,32)33)20-8-6-19(7-9-20)23-13-12-22(43-23)15-37(3)14-18-4-10-21(11-5-18)41-29(34,35)36/h4-13H,14-15H2,1-3H3. The van der Waals surface area contributed by atoms with E-state index in [0.717, 1.165) is 20.9 Å². The van der Waals surface area contributed by atoms with Crippen molar-refractivity contribution in [3.05, 3.63) is 97.7 Å². The van der Waals surface area contributed by atoms with Crippen LogP contribution in [0, 0.1) is 13.8 Å². The number of aromatic nitrogens is 1. The highest BCUT2D eigenvalue weighted by atomic mass is 35.5. The number of carbonyl (C=O) groups is 1. The number of hydrogen-bond acceptors (Lipinski definition) is 6. The van der Waals surface area contributed by atoms with Crippen LogP contribution in [0.25, 0.3) is 21.6 Å². The number of benzene rings is 2. The van der Waals surface area contributed by atoms with Crippen molar-refractivity contribution in [1.82, 2.24) is 9.63 Å². The largest absolute Gasteiger partial charge is 0.573 e. The molecule has 0 atom stereocenters. The van der Waals surface area contributed by atoms with E-state index in [1.807, 2.05) is 24.1 Å². The van der Waals surface area contributed by atoms with Crippen LogP contribution >= 0.6 is 22.9 Å². The number of rotatable bonds is 8. The van der Waals surface area contributed by atoms with Gasteiger partial charge in [0, 0.05) is 22.8 Å². The Morgan fingerprint density at radius 2 is 1.49 bits per heavy atom. The summed E-state index contributed by atoms with van der Waals surface area (Å²) in [5, 5.41) is -0.378. The summed E-state index contributed by atoms with van der Waals surface area (Å²) in [6.07, 6.45) is -9.99. The second kappa shape index (κ2) is 12.4. The van der Waals surface area contributed by atoms with E-state index in [4.69, 9.17) is 11.6 Å². The Kier molecular flexibility index (Phi) is 9.28. The maximum Gasteiger partial charge on any atom is 0.573 e. The smallest absolute Gasteiger partial charge is 0.406 e. The number of hydrogen-bond donors (Lipinski definition) is 0. The number of thiophene rings is 1. The number of carbonyl (C=O) groups excluding carboxylic acids is 1. The SMILES string of the molecule is Cc1c(Cl)c(=O)c(-c2ccc(-c3ccc(CN(C)Cc4ccc(OC(F)(F)F)cc4)s3)cc2)c(C)n1OC(=O)C(F)(F)F. The maximum absolute atomic E-state index is 12.9. The second-order valence-corrected chi connectivity index (χ2v) is 11.1. The lowest BCUT2D eigenvalue weighted by molar-refractivity contribution is -0.274. The van der Waals surface area contributed by atoms with Crippen LogP contribution in [0.3, 0.4) is 0 Å². The highest BCUT2D eigenvalue weighted by molar-refractivity contribution is 7.15. The van der Waals surface area contributed by atoms with Gasteiger partial charge in [0.25, 0.3) is 0 Å². The zero-order valence-corrected chi connectivity index (χ0v) is 24.3. The van der Waals surface area contributed by atoms with Crippen molar-refractivity contribution in [3.8, 4) is 27.3 Å². The van der Waals surface area contributed by atoms with Crippen LogP contribution in [0.15, 0.2) is 65.5 Å². The molecule has 0 saturated heterocycles. The Balaban J connectivity index is 1.48. The minimum absolute atomic E-state index is 0.0105. The monoisotopic (exact) mass is 644 g/mol. The lowest BCUT2D eigenvalue weighted by Gasteiger charge is -2.18. The maximum atomic E-state index is 12.9. The number of nitrogens with zero attached hydrogens (tertiary/aromatic N) is 2. The summed E-state index contributed by atoms with van der Waals surface area (Å²) < 4.78 is 80.1. The fraction of sp³-hybridized carbons (Fsp3) is 0.241. The Morgan fingerprint density at radius 1 is 0.884 bits per heavy atom. The first kappa shape index (κ1) is 32.1. The van der Waals surface area contributed by atoms with Crippen LogP contribution in [0.2, 0.25) is 5.02 Å². The summed E-state index contributed by atoms with van der Waals surface area (Å²) in [7, 11) is 1.88. The van der Waals surface area contributed by atoms with Gasteiger partial charge in [-0.05, 0) is 61.9 Å². The van der Waals surface area contributed by atoms with E-state index < -0.39 is 23.9 Å². The van der Waals surface area contributed by atoms with Crippen molar-refractivity contribution in [1.29, 1.82) is 0 Å². The molecular formula is C29H23ClF6N2O4S. The van der Waals surface area contributed by atoms with Gasteiger partial charge in [-0.3, -0.25) is 9.69 Å². The Labute approximate surface area is 250 Å². The van der Waals surface area contributed by atoms with Gasteiger partial charge in [-0.15, -0.1) is 24.5 Å². The topological polar surface area (TPSA) is 60.8 Å². The fourth-order valence-electron chi connectivity index (χ4n) is 4.34. The van der Waals surface area contributed by atoms with E-state index in [-0.39, 0.29) is 27.7 Å². The summed E-state index contributed by atoms with van der Waals surface area (Å²) in [6, 6.07) is 16.3. The van der Waals surface area contributed by atoms with Crippen LogP contribution < -0.4 is 15.0 Å². The molecule has 6 nitrogen and oxygen atoms in total. The molecule has 0 aliphatic rings. The summed E-state index contributed by atoms with van der Waals surface area (Å²) in [6.45, 7) is 3.68. The zero-order chi connectivity index (χ0) is 31.7. The second-order valence-electron chi connectivity index (χ2n) is 9.57. The van der Waals surface area contributed by atoms with Crippen molar-refractivity contribution in [2.75, 3.05) is 7.05 Å². The van der Waals surface area contributed by atoms with Crippen LogP contribution in [-0.2, 0) is 17.9 Å². The third kappa shape index (κ3) is 7.78. The van der Waals surface area contributed by atoms with Gasteiger partial charge in [0.2, 0.25) is 5.43 Å². The third-order valence-corrected chi connectivity index (χ3v) is 7.84. The van der Waals surface area contributed by atoms with Gasteiger partial charge in [-0.25, -0.2) is 4.79 Å². The van der Waals surface area contributed by atoms with Crippen molar-refractivity contribution in [2.24, 2.45) is 0 Å². The molecule has 0 aliphatic carbocycles. The lowest BCUT2D eigenvalue weighted by atomic mass is 10.0. The fourth-order valence-corrected chi connectivity index (χ4v) is 5.61. The molecule has 4 rings (SSSR count). The van der Waals surface area contributed by atoms with Gasteiger partial charge in [0.05, 0.1) is 17.0 Å². The van der Waals surface area contributed by atoms with E-state index in [0.29, 0.717) is 23.4 Å². The molecule has 0 N–H and O–H groups in total. The summed E-state index contributed by atoms with van der Waals surface area (Å²) >= 11 is 7.63. The normalized spacial score (nSPS) is 12.1. The van der Waals surface area contributed by atoms with Crippen LogP contribution in [0.1, 0.15) is 21.8 Å². The molecule has 2 aromatic heterocycles. The molecule has 14 heteroatoms. The van der Waals surface area contributed by atoms with Gasteiger partial charge in [-0.2, -0.15) is 17.9 Å². The molecule has 43 heavy (non-hydrogen) atoms. The molecule has 0 spiro atoms. The van der Waals surface area contributed by atoms with Crippen molar-refractivity contribution >= 4 is 28.9 Å². The van der Waals surface area contributed by atoms with Gasteiger partial charge in [-0.1, -0.05) is 48.0 Å². The Morgan fingerprint density at radius 3 is 2.07 bits per heavy atom. The van der Waals surface area contributed by atoms with Crippen LogP contribution in [0.5, 0.6) is 5.75 Å². The van der Waals surface area contributed by atoms with Crippen LogP contribution in [0.4, 0.5) is 26.3 Å². The molecule has 0 aliphatic heterocycles. The predicted octanol–water partition coefficient (Wildman–Crippen LogP) is 7.56. The summed E-state index contributed by atoms with van der Waals surface area (Å²) in [5.74, 6) is -2.74. The molecule has 0 fully saturated rings. The molecule has 0 saturated carbocycles. The molecule has 0 radical (unpaired) electrons. The van der Waals surface area contributed by atoms with Gasteiger partial charge in [0.1, 0.15) is 10.8 Å². The van der Waals surface area contributed by atoms with Crippen molar-refractivity contribution in [2.45, 2.75) is 39.5 Å². The average Bonchev–Trinajstić information content (AvgIpc) is 3.38. The van der Waals surface area contributed by atoms with E-state index in [1.54, 1.807) is 36.4 Å². The number of pyridine rings is 1. The molecule has 2 aromatic carbocycles. The molecule has 4 aromatic rings. The van der Waals surface area contributed by atoms with E-state index in [9.17, 15) is 35.9 Å². The first-order chi connectivity index (χ1) is 20.0. The Bertz CT molecular complexity index is 1680. The zero-order valence-electron chi connectivity index (χ0n) is 22.8. The van der Waals surface area contributed by atoms with E-state index >= 15 is 0 Å². The highest BCUT2D eigenvalue weighted by Crippen LogP contribution is 2.32. The van der Waals surface area contributed by atoms with E-state index in [2.05, 4.69) is 9.57 Å². The van der Waals surface area contributed by atoms with Gasteiger partial charge in [0.15, 0.2) is 0 Å². The average molecular weight is 645 g/mol. The number of halogens is 7. The molecule has 0 amide bonds. The molecule has 2 heterocycles. The van der Waals surface area contributed by atoms with Gasteiger partial charge < -0.3 is 9.57 Å². The first-order valence-electron chi connectivity index (χ1n) is 12.5. The molecule has 0 unspecified atom stereocenters. The highest BCUT2D eigenvalue weighted by Gasteiger charge is 2.42. The van der Waals surface area contributed by atoms with E-state index in [1.165, 1.54) is 37.3 Å². The summed E-state index contributed by atoms with van der Waals surface area (Å²) in [4.78, 5) is 32.9. The summed E-state index contributed by atoms with van der Waals surface area (Å²) in [5.41, 5.74) is 1.20. The van der Waals surface area contributed by atoms with Crippen molar-refractivity contribution in [3.63, 3.8) is 0 Å². The van der Waals surface area contributed by atoms with Crippen LogP contribution in [-0.4, -0.2) is 35.2 Å². The minimum Gasteiger partial charge on any atom is -0.406 e. The lowest BCUT2D eigenvalue weighted by Crippen LogP contribution is -2.36. The predicted molar refractivity (Wildman–Crippen MR) is 150 cm³/mol. The molecule has 228 valence electrons. The Hall–Kier alpha value is -3.81. The molecular weight excluding hydrogens is 622 g/mol.